The zero-order chi connectivity index (χ0) is 19.5. The molecule has 7 nitrogen and oxygen atoms in total. The predicted octanol–water partition coefficient (Wildman–Crippen LogP) is 1.79. The molecule has 0 aromatic heterocycles. The zero-order valence-corrected chi connectivity index (χ0v) is 16.4. The summed E-state index contributed by atoms with van der Waals surface area (Å²) in [7, 11) is -3.71. The molecule has 1 fully saturated rings. The molecule has 0 N–H and O–H groups in total. The van der Waals surface area contributed by atoms with E-state index in [0.717, 1.165) is 0 Å². The summed E-state index contributed by atoms with van der Waals surface area (Å²) < 4.78 is 37.1. The molecule has 1 aliphatic heterocycles. The van der Waals surface area contributed by atoms with Gasteiger partial charge in [-0.05, 0) is 24.6 Å². The first-order valence-corrected chi connectivity index (χ1v) is 9.86. The fourth-order valence-corrected chi connectivity index (χ4v) is 3.78. The van der Waals surface area contributed by atoms with Crippen LogP contribution in [-0.2, 0) is 24.3 Å². The summed E-state index contributed by atoms with van der Waals surface area (Å²) in [6.07, 6.45) is 0. The van der Waals surface area contributed by atoms with E-state index in [2.05, 4.69) is 0 Å². The minimum absolute atomic E-state index is 0.0269. The van der Waals surface area contributed by atoms with Gasteiger partial charge in [0.15, 0.2) is 12.4 Å². The molecule has 2 rings (SSSR count). The number of Topliss-reactive ketones (excluding diaryl/α,β-unsaturated/α-hetero) is 1. The highest BCUT2D eigenvalue weighted by molar-refractivity contribution is 7.89. The van der Waals surface area contributed by atoms with Gasteiger partial charge in [-0.3, -0.25) is 4.79 Å². The molecule has 26 heavy (non-hydrogen) atoms. The van der Waals surface area contributed by atoms with E-state index in [1.807, 2.05) is 0 Å². The third kappa shape index (κ3) is 4.69. The smallest absolute Gasteiger partial charge is 0.338 e. The van der Waals surface area contributed by atoms with E-state index in [1.165, 1.54) is 16.4 Å². The second-order valence-electron chi connectivity index (χ2n) is 7.24. The van der Waals surface area contributed by atoms with Crippen molar-refractivity contribution in [3.63, 3.8) is 0 Å². The number of benzene rings is 1. The molecule has 1 aliphatic rings. The second-order valence-corrected chi connectivity index (χ2v) is 9.18. The van der Waals surface area contributed by atoms with Crippen molar-refractivity contribution in [2.75, 3.05) is 32.9 Å². The molecule has 0 radical (unpaired) electrons. The maximum Gasteiger partial charge on any atom is 0.338 e. The van der Waals surface area contributed by atoms with Gasteiger partial charge in [0.2, 0.25) is 10.0 Å². The van der Waals surface area contributed by atoms with Gasteiger partial charge in [0.05, 0.1) is 23.7 Å². The molecule has 0 bridgehead atoms. The molecule has 1 heterocycles. The molecule has 0 saturated carbocycles. The van der Waals surface area contributed by atoms with Gasteiger partial charge in [0.25, 0.3) is 0 Å². The van der Waals surface area contributed by atoms with E-state index in [1.54, 1.807) is 33.8 Å². The molecule has 0 aliphatic carbocycles. The molecule has 8 heteroatoms. The monoisotopic (exact) mass is 383 g/mol. The summed E-state index contributed by atoms with van der Waals surface area (Å²) in [5.41, 5.74) is 0.108. The summed E-state index contributed by atoms with van der Waals surface area (Å²) in [5, 5.41) is 0. The summed E-state index contributed by atoms with van der Waals surface area (Å²) in [6, 6.07) is 4.34. The number of aryl methyl sites for hydroxylation is 1. The van der Waals surface area contributed by atoms with Crippen LogP contribution >= 0.6 is 0 Å². The molecule has 144 valence electrons. The number of hydrogen-bond donors (Lipinski definition) is 0. The molecule has 0 spiro atoms. The normalized spacial score (nSPS) is 16.3. The highest BCUT2D eigenvalue weighted by Gasteiger charge is 2.28. The Morgan fingerprint density at radius 2 is 1.81 bits per heavy atom. The molecular weight excluding hydrogens is 358 g/mol. The Kier molecular flexibility index (Phi) is 6.21. The first-order valence-electron chi connectivity index (χ1n) is 8.42. The van der Waals surface area contributed by atoms with Crippen LogP contribution in [-0.4, -0.2) is 57.4 Å². The molecule has 0 amide bonds. The van der Waals surface area contributed by atoms with Crippen molar-refractivity contribution >= 4 is 21.8 Å². The third-order valence-corrected chi connectivity index (χ3v) is 6.10. The number of nitrogens with zero attached hydrogens (tertiary/aromatic N) is 1. The highest BCUT2D eigenvalue weighted by atomic mass is 32.2. The fourth-order valence-electron chi connectivity index (χ4n) is 2.34. The number of morpholine rings is 1. The summed E-state index contributed by atoms with van der Waals surface area (Å²) in [6.45, 7) is 7.79. The quantitative estimate of drug-likeness (QED) is 0.720. The number of ether oxygens (including phenoxy) is 2. The van der Waals surface area contributed by atoms with Crippen LogP contribution in [0.2, 0.25) is 0 Å². The van der Waals surface area contributed by atoms with Gasteiger partial charge in [0, 0.05) is 18.5 Å². The number of carbonyl (C=O) groups excluding carboxylic acids is 2. The Bertz CT molecular complexity index is 788. The van der Waals surface area contributed by atoms with Gasteiger partial charge in [-0.1, -0.05) is 26.8 Å². The Labute approximate surface area is 154 Å². The van der Waals surface area contributed by atoms with Crippen molar-refractivity contribution < 1.29 is 27.5 Å². The minimum Gasteiger partial charge on any atom is -0.454 e. The van der Waals surface area contributed by atoms with E-state index < -0.39 is 21.4 Å². The van der Waals surface area contributed by atoms with Crippen molar-refractivity contribution in [1.29, 1.82) is 0 Å². The average Bonchev–Trinajstić information content (AvgIpc) is 2.59. The number of esters is 1. The number of sulfonamides is 1. The van der Waals surface area contributed by atoms with Gasteiger partial charge in [-0.25, -0.2) is 13.2 Å². The van der Waals surface area contributed by atoms with Crippen LogP contribution in [0.25, 0.3) is 0 Å². The lowest BCUT2D eigenvalue weighted by molar-refractivity contribution is -0.129. The Balaban J connectivity index is 2.21. The Morgan fingerprint density at radius 3 is 2.38 bits per heavy atom. The SMILES string of the molecule is Cc1ccc(S(=O)(=O)N2CCOCC2)cc1C(=O)OCC(=O)C(C)(C)C. The van der Waals surface area contributed by atoms with Gasteiger partial charge in [-0.15, -0.1) is 0 Å². The number of ketones is 1. The van der Waals surface area contributed by atoms with E-state index in [4.69, 9.17) is 9.47 Å². The van der Waals surface area contributed by atoms with Crippen LogP contribution in [0, 0.1) is 12.3 Å². The Hall–Kier alpha value is -1.77. The third-order valence-electron chi connectivity index (χ3n) is 4.21. The molecule has 1 aromatic carbocycles. The number of rotatable bonds is 5. The first-order chi connectivity index (χ1) is 12.0. The molecule has 0 atom stereocenters. The van der Waals surface area contributed by atoms with Crippen molar-refractivity contribution in [1.82, 2.24) is 4.31 Å². The summed E-state index contributed by atoms with van der Waals surface area (Å²) >= 11 is 0. The number of hydrogen-bond acceptors (Lipinski definition) is 6. The lowest BCUT2D eigenvalue weighted by atomic mass is 9.91. The van der Waals surface area contributed by atoms with Crippen molar-refractivity contribution in [3.05, 3.63) is 29.3 Å². The van der Waals surface area contributed by atoms with Crippen molar-refractivity contribution in [2.45, 2.75) is 32.6 Å². The van der Waals surface area contributed by atoms with Gasteiger partial charge in [0.1, 0.15) is 0 Å². The topological polar surface area (TPSA) is 90.0 Å². The van der Waals surface area contributed by atoms with Crippen LogP contribution in [0.1, 0.15) is 36.7 Å². The van der Waals surface area contributed by atoms with E-state index in [9.17, 15) is 18.0 Å². The standard InChI is InChI=1S/C18H25NO6S/c1-13-5-6-14(26(22,23)19-7-9-24-10-8-19)11-15(13)17(21)25-12-16(20)18(2,3)4/h5-6,11H,7-10,12H2,1-4H3. The first kappa shape index (κ1) is 20.5. The minimum atomic E-state index is -3.71. The van der Waals surface area contributed by atoms with E-state index in [0.29, 0.717) is 18.8 Å². The van der Waals surface area contributed by atoms with Crippen LogP contribution in [0.5, 0.6) is 0 Å². The predicted molar refractivity (Wildman–Crippen MR) is 95.5 cm³/mol. The van der Waals surface area contributed by atoms with Crippen molar-refractivity contribution in [2.24, 2.45) is 5.41 Å². The fraction of sp³-hybridized carbons (Fsp3) is 0.556. The van der Waals surface area contributed by atoms with Crippen LogP contribution in [0.15, 0.2) is 23.1 Å². The van der Waals surface area contributed by atoms with Crippen LogP contribution in [0.3, 0.4) is 0 Å². The Morgan fingerprint density at radius 1 is 1.19 bits per heavy atom. The molecular formula is C18H25NO6S. The zero-order valence-electron chi connectivity index (χ0n) is 15.6. The van der Waals surface area contributed by atoms with Gasteiger partial charge in [-0.2, -0.15) is 4.31 Å². The molecule has 1 saturated heterocycles. The molecule has 0 unspecified atom stereocenters. The second kappa shape index (κ2) is 7.85. The number of carbonyl (C=O) groups is 2. The average molecular weight is 383 g/mol. The largest absolute Gasteiger partial charge is 0.454 e. The van der Waals surface area contributed by atoms with Gasteiger partial charge < -0.3 is 9.47 Å². The van der Waals surface area contributed by atoms with Gasteiger partial charge >= 0.3 is 5.97 Å². The summed E-state index contributed by atoms with van der Waals surface area (Å²) in [5.74, 6) is -0.917. The maximum absolute atomic E-state index is 12.7. The van der Waals surface area contributed by atoms with E-state index in [-0.39, 0.29) is 35.9 Å². The summed E-state index contributed by atoms with van der Waals surface area (Å²) in [4.78, 5) is 24.3. The van der Waals surface area contributed by atoms with Crippen LogP contribution in [0.4, 0.5) is 0 Å². The van der Waals surface area contributed by atoms with Crippen molar-refractivity contribution in [3.8, 4) is 0 Å². The van der Waals surface area contributed by atoms with E-state index >= 15 is 0 Å². The lowest BCUT2D eigenvalue weighted by Crippen LogP contribution is -2.40. The van der Waals surface area contributed by atoms with Crippen LogP contribution < -0.4 is 0 Å². The molecule has 1 aromatic rings. The highest BCUT2D eigenvalue weighted by Crippen LogP contribution is 2.22. The maximum atomic E-state index is 12.7. The lowest BCUT2D eigenvalue weighted by Gasteiger charge is -2.26.